The summed E-state index contributed by atoms with van der Waals surface area (Å²) in [5, 5.41) is 0. The van der Waals surface area contributed by atoms with E-state index >= 15 is 0 Å². The van der Waals surface area contributed by atoms with Gasteiger partial charge in [0.15, 0.2) is 11.5 Å². The third-order valence-corrected chi connectivity index (χ3v) is 5.93. The number of ether oxygens (including phenoxy) is 3. The SMILES string of the molecule is CCOC(=O)C1CCN(c2cc3n(c(=O)n2)CCc2cc(OC)c(OC)cc2-3)CC1. The highest BCUT2D eigenvalue weighted by molar-refractivity contribution is 5.74. The molecule has 1 saturated heterocycles. The number of fused-ring (bicyclic) bond motifs is 3. The number of piperidine rings is 1. The molecule has 0 radical (unpaired) electrons. The molecule has 1 fully saturated rings. The number of methoxy groups -OCH3 is 2. The summed E-state index contributed by atoms with van der Waals surface area (Å²) in [4.78, 5) is 31.2. The maximum absolute atomic E-state index is 12.8. The van der Waals surface area contributed by atoms with Crippen molar-refractivity contribution in [2.75, 3.05) is 38.8 Å². The first kappa shape index (κ1) is 20.3. The van der Waals surface area contributed by atoms with Crippen LogP contribution < -0.4 is 20.1 Å². The van der Waals surface area contributed by atoms with Crippen LogP contribution in [0.3, 0.4) is 0 Å². The molecule has 160 valence electrons. The third-order valence-electron chi connectivity index (χ3n) is 5.93. The van der Waals surface area contributed by atoms with Gasteiger partial charge in [0.25, 0.3) is 0 Å². The Kier molecular flexibility index (Phi) is 5.65. The van der Waals surface area contributed by atoms with Gasteiger partial charge in [0, 0.05) is 31.3 Å². The van der Waals surface area contributed by atoms with Crippen LogP contribution in [-0.4, -0.2) is 49.4 Å². The predicted octanol–water partition coefficient (Wildman–Crippen LogP) is 2.26. The molecule has 0 atom stereocenters. The molecule has 2 aliphatic heterocycles. The Morgan fingerprint density at radius 3 is 2.47 bits per heavy atom. The van der Waals surface area contributed by atoms with Crippen LogP contribution in [0.2, 0.25) is 0 Å². The lowest BCUT2D eigenvalue weighted by atomic mass is 9.95. The minimum Gasteiger partial charge on any atom is -0.493 e. The van der Waals surface area contributed by atoms with Gasteiger partial charge in [0.1, 0.15) is 5.82 Å². The molecule has 8 nitrogen and oxygen atoms in total. The Bertz CT molecular complexity index is 1010. The second kappa shape index (κ2) is 8.38. The van der Waals surface area contributed by atoms with Gasteiger partial charge in [-0.15, -0.1) is 0 Å². The van der Waals surface area contributed by atoms with Crippen LogP contribution in [0.5, 0.6) is 11.5 Å². The summed E-state index contributed by atoms with van der Waals surface area (Å²) in [6, 6.07) is 5.87. The van der Waals surface area contributed by atoms with E-state index in [4.69, 9.17) is 14.2 Å². The van der Waals surface area contributed by atoms with Crippen LogP contribution in [0.4, 0.5) is 5.82 Å². The summed E-state index contributed by atoms with van der Waals surface area (Å²) in [6.45, 7) is 4.13. The fraction of sp³-hybridized carbons (Fsp3) is 0.500. The number of anilines is 1. The van der Waals surface area contributed by atoms with Crippen LogP contribution in [0, 0.1) is 5.92 Å². The molecule has 1 aromatic heterocycles. The molecule has 4 rings (SSSR count). The first-order valence-corrected chi connectivity index (χ1v) is 10.3. The molecule has 2 aliphatic rings. The molecule has 0 aliphatic carbocycles. The van der Waals surface area contributed by atoms with E-state index in [1.807, 2.05) is 25.1 Å². The maximum atomic E-state index is 12.8. The molecular weight excluding hydrogens is 386 g/mol. The topological polar surface area (TPSA) is 82.9 Å². The van der Waals surface area contributed by atoms with Gasteiger partial charge in [-0.3, -0.25) is 9.36 Å². The molecule has 2 aromatic rings. The van der Waals surface area contributed by atoms with Gasteiger partial charge < -0.3 is 19.1 Å². The fourth-order valence-corrected chi connectivity index (χ4v) is 4.30. The zero-order valence-electron chi connectivity index (χ0n) is 17.6. The molecule has 0 amide bonds. The monoisotopic (exact) mass is 413 g/mol. The van der Waals surface area contributed by atoms with Gasteiger partial charge in [-0.2, -0.15) is 4.98 Å². The van der Waals surface area contributed by atoms with E-state index in [1.54, 1.807) is 18.8 Å². The highest BCUT2D eigenvalue weighted by Gasteiger charge is 2.28. The van der Waals surface area contributed by atoms with E-state index in [0.29, 0.717) is 56.4 Å². The highest BCUT2D eigenvalue weighted by Crippen LogP contribution is 2.38. The quantitative estimate of drug-likeness (QED) is 0.696. The summed E-state index contributed by atoms with van der Waals surface area (Å²) in [5.74, 6) is 1.74. The zero-order valence-corrected chi connectivity index (χ0v) is 17.6. The number of hydrogen-bond acceptors (Lipinski definition) is 7. The molecule has 0 spiro atoms. The van der Waals surface area contributed by atoms with E-state index in [0.717, 1.165) is 23.2 Å². The molecule has 30 heavy (non-hydrogen) atoms. The first-order chi connectivity index (χ1) is 14.5. The largest absolute Gasteiger partial charge is 0.493 e. The van der Waals surface area contributed by atoms with Crippen molar-refractivity contribution in [2.24, 2.45) is 5.92 Å². The molecule has 1 aromatic carbocycles. The summed E-state index contributed by atoms with van der Waals surface area (Å²) in [6.07, 6.45) is 2.12. The molecule has 0 bridgehead atoms. The fourth-order valence-electron chi connectivity index (χ4n) is 4.30. The van der Waals surface area contributed by atoms with E-state index in [1.165, 1.54) is 0 Å². The first-order valence-electron chi connectivity index (χ1n) is 10.3. The van der Waals surface area contributed by atoms with Crippen LogP contribution in [0.1, 0.15) is 25.3 Å². The molecule has 0 unspecified atom stereocenters. The number of carbonyl (C=O) groups excluding carboxylic acids is 1. The third kappa shape index (κ3) is 3.62. The number of esters is 1. The number of benzene rings is 1. The Morgan fingerprint density at radius 2 is 1.80 bits per heavy atom. The van der Waals surface area contributed by atoms with Gasteiger partial charge in [-0.25, -0.2) is 4.79 Å². The van der Waals surface area contributed by atoms with Gasteiger partial charge >= 0.3 is 11.7 Å². The lowest BCUT2D eigenvalue weighted by molar-refractivity contribution is -0.148. The smallest absolute Gasteiger partial charge is 0.350 e. The Morgan fingerprint density at radius 1 is 1.10 bits per heavy atom. The number of hydrogen-bond donors (Lipinski definition) is 0. The molecule has 0 saturated carbocycles. The van der Waals surface area contributed by atoms with Crippen molar-refractivity contribution in [2.45, 2.75) is 32.7 Å². The average molecular weight is 413 g/mol. The Labute approximate surface area is 175 Å². The molecular formula is C22H27N3O5. The molecule has 3 heterocycles. The summed E-state index contributed by atoms with van der Waals surface area (Å²) in [5.41, 5.74) is 2.65. The van der Waals surface area contributed by atoms with Crippen LogP contribution in [0.15, 0.2) is 23.0 Å². The molecule has 8 heteroatoms. The second-order valence-corrected chi connectivity index (χ2v) is 7.56. The van der Waals surface area contributed by atoms with Crippen molar-refractivity contribution in [1.29, 1.82) is 0 Å². The van der Waals surface area contributed by atoms with Crippen molar-refractivity contribution >= 4 is 11.8 Å². The van der Waals surface area contributed by atoms with Crippen molar-refractivity contribution in [1.82, 2.24) is 9.55 Å². The number of aryl methyl sites for hydroxylation is 1. The highest BCUT2D eigenvalue weighted by atomic mass is 16.5. The van der Waals surface area contributed by atoms with Gasteiger partial charge in [-0.1, -0.05) is 0 Å². The number of carbonyl (C=O) groups is 1. The number of nitrogens with zero attached hydrogens (tertiary/aromatic N) is 3. The number of aromatic nitrogens is 2. The Hall–Kier alpha value is -3.03. The van der Waals surface area contributed by atoms with Crippen molar-refractivity contribution < 1.29 is 19.0 Å². The maximum Gasteiger partial charge on any atom is 0.350 e. The molecule has 0 N–H and O–H groups in total. The zero-order chi connectivity index (χ0) is 21.3. The lowest BCUT2D eigenvalue weighted by Crippen LogP contribution is -2.39. The van der Waals surface area contributed by atoms with E-state index in [-0.39, 0.29) is 17.6 Å². The van der Waals surface area contributed by atoms with Gasteiger partial charge in [-0.05, 0) is 43.9 Å². The summed E-state index contributed by atoms with van der Waals surface area (Å²) in [7, 11) is 3.22. The van der Waals surface area contributed by atoms with Crippen LogP contribution >= 0.6 is 0 Å². The predicted molar refractivity (Wildman–Crippen MR) is 112 cm³/mol. The summed E-state index contributed by atoms with van der Waals surface area (Å²) < 4.78 is 17.8. The van der Waals surface area contributed by atoms with E-state index in [2.05, 4.69) is 9.88 Å². The normalized spacial score (nSPS) is 15.9. The minimum atomic E-state index is -0.254. The average Bonchev–Trinajstić information content (AvgIpc) is 2.78. The van der Waals surface area contributed by atoms with E-state index < -0.39 is 0 Å². The summed E-state index contributed by atoms with van der Waals surface area (Å²) >= 11 is 0. The van der Waals surface area contributed by atoms with Gasteiger partial charge in [0.05, 0.1) is 32.4 Å². The standard InChI is InChI=1S/C22H27N3O5/c1-4-30-21(26)14-5-8-24(9-6-14)20-13-17-16-12-19(29-3)18(28-2)11-15(16)7-10-25(17)22(27)23-20/h11-14H,4-10H2,1-3H3. The van der Waals surface area contributed by atoms with Crippen LogP contribution in [-0.2, 0) is 22.5 Å². The van der Waals surface area contributed by atoms with Crippen molar-refractivity contribution in [3.8, 4) is 22.8 Å². The van der Waals surface area contributed by atoms with Crippen LogP contribution in [0.25, 0.3) is 11.3 Å². The minimum absolute atomic E-state index is 0.0858. The van der Waals surface area contributed by atoms with Crippen molar-refractivity contribution in [3.63, 3.8) is 0 Å². The van der Waals surface area contributed by atoms with Gasteiger partial charge in [0.2, 0.25) is 0 Å². The van der Waals surface area contributed by atoms with Crippen molar-refractivity contribution in [3.05, 3.63) is 34.2 Å². The lowest BCUT2D eigenvalue weighted by Gasteiger charge is -2.32. The number of rotatable bonds is 5. The second-order valence-electron chi connectivity index (χ2n) is 7.56. The van der Waals surface area contributed by atoms with E-state index in [9.17, 15) is 9.59 Å². The Balaban J connectivity index is 1.65.